The van der Waals surface area contributed by atoms with Crippen LogP contribution in [0.15, 0.2) is 85.0 Å². The van der Waals surface area contributed by atoms with Crippen LogP contribution >= 0.6 is 0 Å². The summed E-state index contributed by atoms with van der Waals surface area (Å²) in [6, 6.07) is 16.0. The number of Topliss-reactive ketones (excluding diaryl/α,β-unsaturated/α-hetero) is 2. The van der Waals surface area contributed by atoms with Gasteiger partial charge >= 0.3 is 11.9 Å². The molecule has 8 atom stereocenters. The Labute approximate surface area is 482 Å². The molecule has 2 aliphatic heterocycles. The van der Waals surface area contributed by atoms with E-state index in [1.165, 1.54) is 42.0 Å². The number of fused-ring (bicyclic) bond motifs is 1. The van der Waals surface area contributed by atoms with Crippen LogP contribution < -0.4 is 4.74 Å². The third kappa shape index (κ3) is 16.2. The highest BCUT2D eigenvalue weighted by molar-refractivity contribution is 5.95. The van der Waals surface area contributed by atoms with Gasteiger partial charge in [-0.15, -0.1) is 0 Å². The van der Waals surface area contributed by atoms with Crippen LogP contribution in [0, 0.1) is 48.1 Å². The zero-order chi connectivity index (χ0) is 59.3. The molecule has 0 radical (unpaired) electrons. The summed E-state index contributed by atoms with van der Waals surface area (Å²) in [6.07, 6.45) is 19.4. The first kappa shape index (κ1) is 63.0. The van der Waals surface area contributed by atoms with Crippen molar-refractivity contribution in [2.75, 3.05) is 13.1 Å². The van der Waals surface area contributed by atoms with Crippen molar-refractivity contribution in [3.05, 3.63) is 119 Å². The summed E-state index contributed by atoms with van der Waals surface area (Å²) in [5, 5.41) is 30.3. The average Bonchev–Trinajstić information content (AvgIpc) is 3.09. The number of imidazole rings is 1. The summed E-state index contributed by atoms with van der Waals surface area (Å²) in [7, 11) is 0. The summed E-state index contributed by atoms with van der Waals surface area (Å²) in [5.41, 5.74) is 2.42. The second-order valence-corrected chi connectivity index (χ2v) is 24.0. The fourth-order valence-electron chi connectivity index (χ4n) is 12.3. The number of amides is 2. The molecule has 1 aromatic heterocycles. The van der Waals surface area contributed by atoms with Gasteiger partial charge in [0.15, 0.2) is 11.6 Å². The molecule has 2 saturated carbocycles. The number of unbranched alkanes of at least 4 members (excludes halogenated alkanes) is 8. The van der Waals surface area contributed by atoms with Gasteiger partial charge in [0.2, 0.25) is 11.8 Å². The quantitative estimate of drug-likeness (QED) is 0.0346. The van der Waals surface area contributed by atoms with Gasteiger partial charge in [-0.1, -0.05) is 101 Å². The number of ketones is 2. The van der Waals surface area contributed by atoms with Gasteiger partial charge in [-0.2, -0.15) is 4.98 Å². The van der Waals surface area contributed by atoms with Crippen molar-refractivity contribution in [2.24, 2.45) is 22.7 Å². The summed E-state index contributed by atoms with van der Waals surface area (Å²) in [4.78, 5) is 86.0. The van der Waals surface area contributed by atoms with E-state index in [4.69, 9.17) is 9.72 Å². The number of para-hydroxylation sites is 2. The Kier molecular flexibility index (Phi) is 22.0. The van der Waals surface area contributed by atoms with Gasteiger partial charge in [0.05, 0.1) is 46.6 Å². The Morgan fingerprint density at radius 2 is 1.17 bits per heavy atom. The molecule has 82 heavy (non-hydrogen) atoms. The number of aromatic nitrogens is 2. The number of likely N-dealkylation sites (tertiary alicyclic amines) is 2. The monoisotopic (exact) mass is 1130 g/mol. The minimum absolute atomic E-state index is 0.0541. The van der Waals surface area contributed by atoms with Crippen LogP contribution in [0.3, 0.4) is 0 Å². The van der Waals surface area contributed by atoms with Crippen molar-refractivity contribution < 1.29 is 57.6 Å². The molecule has 8 rings (SSSR count). The molecule has 3 aromatic carbocycles. The number of hydrogen-bond donors (Lipinski definition) is 3. The van der Waals surface area contributed by atoms with Crippen LogP contribution in [0.5, 0.6) is 6.01 Å². The molecule has 2 amide bonds. The van der Waals surface area contributed by atoms with E-state index >= 15 is 0 Å². The van der Waals surface area contributed by atoms with Crippen LogP contribution in [0.25, 0.3) is 11.0 Å². The first-order valence-electron chi connectivity index (χ1n) is 30.0. The molecule has 3 heterocycles. The molecule has 14 nitrogen and oxygen atoms in total. The van der Waals surface area contributed by atoms with Gasteiger partial charge in [-0.3, -0.25) is 33.3 Å². The highest BCUT2D eigenvalue weighted by Gasteiger charge is 2.62. The summed E-state index contributed by atoms with van der Waals surface area (Å²) < 4.78 is 36.1. The Hall–Kier alpha value is -6.55. The molecular weight excluding hydrogens is 1050 g/mol. The summed E-state index contributed by atoms with van der Waals surface area (Å²) in [5.74, 6) is -4.13. The Balaban J connectivity index is 0.000000247. The highest BCUT2D eigenvalue weighted by Crippen LogP contribution is 2.58. The number of β-amino-alcohol motifs (C(OH)–C–C–N with tert-alkyl or cyclic N) is 1. The summed E-state index contributed by atoms with van der Waals surface area (Å²) >= 11 is 0. The average molecular weight is 1130 g/mol. The molecule has 4 fully saturated rings. The lowest BCUT2D eigenvalue weighted by atomic mass is 9.92. The molecular formula is C66H86F2N4O10. The van der Waals surface area contributed by atoms with Crippen LogP contribution in [0.1, 0.15) is 172 Å². The number of carbonyl (C=O) groups excluding carboxylic acids is 4. The van der Waals surface area contributed by atoms with Crippen molar-refractivity contribution in [1.29, 1.82) is 0 Å². The lowest BCUT2D eigenvalue weighted by Crippen LogP contribution is -2.42. The SMILES string of the molecule is CCCCCC/C=C\[C@@H]1C[C@]1(CC(=O)[C@@H]1C[C@@H](O)CN1C(=O)CCc1cc(C)cc(F)c1)C(=O)O.CCCCCC/C=C\[C@@H]1C[C@]1(CC(=O)[C@@H]1C[C@@H](Oc2nc3ccccc3n2C(C)C)CN1C(=O)CCc1cc(C)cc(F)c1)C(=O)O. The molecule has 0 unspecified atom stereocenters. The molecule has 16 heteroatoms. The van der Waals surface area contributed by atoms with E-state index in [1.54, 1.807) is 18.7 Å². The Morgan fingerprint density at radius 3 is 1.65 bits per heavy atom. The molecule has 4 aliphatic rings. The van der Waals surface area contributed by atoms with Crippen molar-refractivity contribution in [1.82, 2.24) is 19.4 Å². The van der Waals surface area contributed by atoms with E-state index in [0.717, 1.165) is 73.5 Å². The minimum atomic E-state index is -1.14. The number of benzene rings is 3. The van der Waals surface area contributed by atoms with Crippen molar-refractivity contribution in [2.45, 2.75) is 200 Å². The molecule has 0 bridgehead atoms. The standard InChI is InChI=1S/C38H48FN3O5.C28H38FNO5/c1-5-6-7-8-9-10-13-28-22-38(28,36(45)46)23-34(43)33-21-30(47-37-40-31-14-11-12-15-32(31)42(37)25(2)3)24-41(33)35(44)17-16-27-18-26(4)19-29(39)20-27;1-3-4-5-6-7-8-9-21-16-28(21,27(34)35)17-25(32)24-15-23(31)18-30(24)26(33)11-10-20-12-19(2)13-22(29)14-20/h10-15,18-20,25,28,30,33H,5-9,16-17,21-24H2,1-4H3,(H,45,46);8-9,12-14,21,23-24,31H,3-7,10-11,15-18H2,1-2H3,(H,34,35)/b13-10-;9-8-/t28-,30-,33+,38-;21-,23-,24+,28-/m11/s1. The number of carboxylic acid groups (broad SMARTS) is 2. The molecule has 3 N–H and O–H groups in total. The summed E-state index contributed by atoms with van der Waals surface area (Å²) in [6.45, 7) is 12.2. The van der Waals surface area contributed by atoms with Crippen LogP contribution in [0.4, 0.5) is 8.78 Å². The van der Waals surface area contributed by atoms with Gasteiger partial charge in [0, 0.05) is 51.1 Å². The molecule has 2 saturated heterocycles. The number of aliphatic hydroxyl groups is 1. The van der Waals surface area contributed by atoms with Gasteiger partial charge in [0.25, 0.3) is 6.01 Å². The Morgan fingerprint density at radius 1 is 0.683 bits per heavy atom. The number of halogens is 2. The highest BCUT2D eigenvalue weighted by atomic mass is 19.1. The van der Waals surface area contributed by atoms with Crippen LogP contribution in [0.2, 0.25) is 0 Å². The predicted octanol–water partition coefficient (Wildman–Crippen LogP) is 12.2. The van der Waals surface area contributed by atoms with E-state index < -0.39 is 47.1 Å². The number of aliphatic carboxylic acids is 2. The number of allylic oxidation sites excluding steroid dienone is 4. The number of nitrogens with zero attached hydrogens (tertiary/aromatic N) is 4. The fourth-order valence-corrected chi connectivity index (χ4v) is 12.3. The normalized spacial score (nSPS) is 23.9. The van der Waals surface area contributed by atoms with Gasteiger partial charge < -0.3 is 29.9 Å². The number of ether oxygens (including phenoxy) is 1. The lowest BCUT2D eigenvalue weighted by molar-refractivity contribution is -0.147. The van der Waals surface area contributed by atoms with E-state index in [1.807, 2.05) is 73.0 Å². The zero-order valence-corrected chi connectivity index (χ0v) is 48.9. The van der Waals surface area contributed by atoms with E-state index in [-0.39, 0.29) is 105 Å². The lowest BCUT2D eigenvalue weighted by Gasteiger charge is -2.25. The number of carbonyl (C=O) groups is 6. The maximum atomic E-state index is 14.0. The zero-order valence-electron chi connectivity index (χ0n) is 48.9. The maximum absolute atomic E-state index is 14.0. The maximum Gasteiger partial charge on any atom is 0.310 e. The first-order valence-corrected chi connectivity index (χ1v) is 30.0. The van der Waals surface area contributed by atoms with Gasteiger partial charge in [-0.05, 0) is 150 Å². The Bertz CT molecular complexity index is 2930. The number of rotatable bonds is 29. The predicted molar refractivity (Wildman–Crippen MR) is 311 cm³/mol. The smallest absolute Gasteiger partial charge is 0.310 e. The third-order valence-electron chi connectivity index (χ3n) is 17.0. The topological polar surface area (TPSA) is 197 Å². The number of aliphatic hydroxyl groups excluding tert-OH is 1. The molecule has 4 aromatic rings. The minimum Gasteiger partial charge on any atom is -0.481 e. The number of hydrogen-bond acceptors (Lipinski definition) is 9. The van der Waals surface area contributed by atoms with Crippen molar-refractivity contribution >= 4 is 46.4 Å². The van der Waals surface area contributed by atoms with Crippen LogP contribution in [-0.2, 0) is 41.6 Å². The third-order valence-corrected chi connectivity index (χ3v) is 17.0. The molecule has 444 valence electrons. The van der Waals surface area contributed by atoms with Gasteiger partial charge in [-0.25, -0.2) is 8.78 Å². The number of carboxylic acids is 2. The molecule has 2 aliphatic carbocycles. The second kappa shape index (κ2) is 28.6. The van der Waals surface area contributed by atoms with Crippen molar-refractivity contribution in [3.63, 3.8) is 0 Å². The molecule has 0 spiro atoms. The van der Waals surface area contributed by atoms with Crippen LogP contribution in [-0.4, -0.2) is 107 Å². The van der Waals surface area contributed by atoms with E-state index in [0.29, 0.717) is 42.8 Å². The van der Waals surface area contributed by atoms with Crippen molar-refractivity contribution in [3.8, 4) is 6.01 Å². The first-order chi connectivity index (χ1) is 39.2. The van der Waals surface area contributed by atoms with E-state index in [2.05, 4.69) is 19.9 Å². The van der Waals surface area contributed by atoms with E-state index in [9.17, 15) is 52.9 Å². The largest absolute Gasteiger partial charge is 0.481 e. The number of aryl methyl sites for hydroxylation is 4. The second-order valence-electron chi connectivity index (χ2n) is 24.0. The fraction of sp³-hybridized carbons (Fsp3) is 0.561. The van der Waals surface area contributed by atoms with Gasteiger partial charge in [0.1, 0.15) is 17.7 Å².